The monoisotopic (exact) mass is 266 g/mol. The van der Waals surface area contributed by atoms with Crippen LogP contribution in [0.2, 0.25) is 0 Å². The summed E-state index contributed by atoms with van der Waals surface area (Å²) in [6, 6.07) is 0. The molecular weight excluding hydrogens is 255 g/mol. The Labute approximate surface area is 53.4 Å². The summed E-state index contributed by atoms with van der Waals surface area (Å²) >= 11 is 0. The van der Waals surface area contributed by atoms with Gasteiger partial charge >= 0.3 is 27.3 Å². The third-order valence-electron chi connectivity index (χ3n) is 0.333. The van der Waals surface area contributed by atoms with Crippen molar-refractivity contribution in [3.05, 3.63) is 12.2 Å². The summed E-state index contributed by atoms with van der Waals surface area (Å²) in [5.41, 5.74) is 0. The second-order valence-electron chi connectivity index (χ2n) is 0.667. The van der Waals surface area contributed by atoms with E-state index in [1.54, 1.807) is 0 Å². The maximum atomic E-state index is 2.00. The molecule has 0 fully saturated rings. The third-order valence-corrected chi connectivity index (χ3v) is 0.333. The molecule has 30 valence electrons. The van der Waals surface area contributed by atoms with Gasteiger partial charge in [0.1, 0.15) is 0 Å². The van der Waals surface area contributed by atoms with Gasteiger partial charge in [-0.05, 0) is 13.8 Å². The van der Waals surface area contributed by atoms with Gasteiger partial charge < -0.3 is 0 Å². The summed E-state index contributed by atoms with van der Waals surface area (Å²) in [6.45, 7) is 4.00. The van der Waals surface area contributed by atoms with Gasteiger partial charge in [0.15, 0.2) is 0 Å². The Morgan fingerprint density at radius 2 is 1.20 bits per heavy atom. The summed E-state index contributed by atoms with van der Waals surface area (Å²) in [5.74, 6) is 0. The van der Waals surface area contributed by atoms with Crippen LogP contribution in [0, 0.1) is 0 Å². The van der Waals surface area contributed by atoms with Crippen molar-refractivity contribution in [2.45, 2.75) is 13.8 Å². The van der Waals surface area contributed by atoms with Crippen LogP contribution in [0.1, 0.15) is 13.8 Å². The fraction of sp³-hybridized carbons (Fsp3) is 0.500. The number of allylic oxidation sites excluding steroid dienone is 2. The average molecular weight is 265 g/mol. The Balaban J connectivity index is 0. The first-order valence-electron chi connectivity index (χ1n) is 1.49. The van der Waals surface area contributed by atoms with Crippen LogP contribution in [-0.2, 0) is 0 Å². The molecule has 0 saturated heterocycles. The van der Waals surface area contributed by atoms with Crippen LogP contribution >= 0.6 is 0 Å². The number of hydrogen-bond donors (Lipinski definition) is 0. The molecule has 0 amide bonds. The minimum atomic E-state index is 0. The van der Waals surface area contributed by atoms with Crippen LogP contribution in [0.3, 0.4) is 0 Å². The van der Waals surface area contributed by atoms with E-state index in [0.717, 1.165) is 0 Å². The standard InChI is InChI=1S/C4H8.Pb.2H/c1-3-4-2;;;/h3-4H,1-2H3;;;/b4-3+;;;. The first-order valence-corrected chi connectivity index (χ1v) is 1.49. The van der Waals surface area contributed by atoms with Crippen LogP contribution in [0.5, 0.6) is 0 Å². The van der Waals surface area contributed by atoms with Gasteiger partial charge in [-0.15, -0.1) is 0 Å². The SMILES string of the molecule is C/C=C/C.[PbH2]. The van der Waals surface area contributed by atoms with Crippen molar-refractivity contribution in [2.24, 2.45) is 0 Å². The molecule has 2 radical (unpaired) electrons. The Hall–Kier alpha value is 0.662. The molecular formula is C4H10Pb. The van der Waals surface area contributed by atoms with E-state index in [9.17, 15) is 0 Å². The van der Waals surface area contributed by atoms with Crippen LogP contribution in [0.25, 0.3) is 0 Å². The zero-order valence-corrected chi connectivity index (χ0v) is 9.36. The second kappa shape index (κ2) is 8.82. The Bertz CT molecular complexity index is 18.8. The quantitative estimate of drug-likeness (QED) is 0.446. The molecule has 0 heterocycles. The van der Waals surface area contributed by atoms with E-state index >= 15 is 0 Å². The van der Waals surface area contributed by atoms with Crippen molar-refractivity contribution in [3.8, 4) is 0 Å². The summed E-state index contributed by atoms with van der Waals surface area (Å²) in [7, 11) is 0. The molecule has 0 N–H and O–H groups in total. The van der Waals surface area contributed by atoms with Crippen molar-refractivity contribution >= 4 is 27.3 Å². The van der Waals surface area contributed by atoms with Crippen molar-refractivity contribution in [1.82, 2.24) is 0 Å². The molecule has 0 atom stereocenters. The summed E-state index contributed by atoms with van der Waals surface area (Å²) in [6.07, 6.45) is 4.00. The molecule has 0 rings (SSSR count). The van der Waals surface area contributed by atoms with Crippen molar-refractivity contribution < 1.29 is 0 Å². The van der Waals surface area contributed by atoms with Gasteiger partial charge in [-0.3, -0.25) is 0 Å². The molecule has 0 aromatic heterocycles. The van der Waals surface area contributed by atoms with Gasteiger partial charge in [0.2, 0.25) is 0 Å². The van der Waals surface area contributed by atoms with Gasteiger partial charge in [0.05, 0.1) is 0 Å². The molecule has 0 unspecified atom stereocenters. The maximum absolute atomic E-state index is 2.00. The summed E-state index contributed by atoms with van der Waals surface area (Å²) in [4.78, 5) is 0. The van der Waals surface area contributed by atoms with Crippen LogP contribution in [0.15, 0.2) is 12.2 Å². The molecule has 0 saturated carbocycles. The molecule has 0 nitrogen and oxygen atoms in total. The third kappa shape index (κ3) is 12.0. The second-order valence-corrected chi connectivity index (χ2v) is 0.667. The Kier molecular flexibility index (Phi) is 16.2. The predicted molar refractivity (Wildman–Crippen MR) is 29.0 cm³/mol. The molecule has 1 heteroatoms. The van der Waals surface area contributed by atoms with Crippen molar-refractivity contribution in [3.63, 3.8) is 0 Å². The molecule has 0 spiro atoms. The van der Waals surface area contributed by atoms with Gasteiger partial charge in [0, 0.05) is 0 Å². The summed E-state index contributed by atoms with van der Waals surface area (Å²) < 4.78 is 0. The van der Waals surface area contributed by atoms with E-state index in [2.05, 4.69) is 0 Å². The van der Waals surface area contributed by atoms with Gasteiger partial charge in [-0.25, -0.2) is 0 Å². The van der Waals surface area contributed by atoms with Crippen LogP contribution in [0.4, 0.5) is 0 Å². The topological polar surface area (TPSA) is 0 Å². The minimum absolute atomic E-state index is 0. The van der Waals surface area contributed by atoms with Crippen molar-refractivity contribution in [2.75, 3.05) is 0 Å². The molecule has 0 aromatic rings. The van der Waals surface area contributed by atoms with Gasteiger partial charge in [0.25, 0.3) is 0 Å². The number of rotatable bonds is 0. The average Bonchev–Trinajstić information content (AvgIpc) is 1.37. The van der Waals surface area contributed by atoms with E-state index in [-0.39, 0.29) is 27.3 Å². The fourth-order valence-electron chi connectivity index (χ4n) is 0. The van der Waals surface area contributed by atoms with E-state index in [0.29, 0.717) is 0 Å². The molecule has 0 aliphatic carbocycles. The first kappa shape index (κ1) is 9.18. The van der Waals surface area contributed by atoms with E-state index in [4.69, 9.17) is 0 Å². The van der Waals surface area contributed by atoms with Crippen LogP contribution in [-0.4, -0.2) is 27.3 Å². The fourth-order valence-corrected chi connectivity index (χ4v) is 0. The zero-order valence-electron chi connectivity index (χ0n) is 3.86. The van der Waals surface area contributed by atoms with Crippen molar-refractivity contribution in [1.29, 1.82) is 0 Å². The molecule has 0 aliphatic rings. The van der Waals surface area contributed by atoms with E-state index in [1.807, 2.05) is 26.0 Å². The Morgan fingerprint density at radius 3 is 1.20 bits per heavy atom. The first-order chi connectivity index (χ1) is 1.91. The van der Waals surface area contributed by atoms with Gasteiger partial charge in [-0.2, -0.15) is 0 Å². The molecule has 0 bridgehead atoms. The molecule has 0 aliphatic heterocycles. The number of hydrogen-bond acceptors (Lipinski definition) is 0. The van der Waals surface area contributed by atoms with Gasteiger partial charge in [-0.1, -0.05) is 12.2 Å². The zero-order chi connectivity index (χ0) is 3.41. The predicted octanol–water partition coefficient (Wildman–Crippen LogP) is 0.666. The molecule has 0 aromatic carbocycles. The van der Waals surface area contributed by atoms with Crippen LogP contribution < -0.4 is 0 Å². The summed E-state index contributed by atoms with van der Waals surface area (Å²) in [5, 5.41) is 0. The Morgan fingerprint density at radius 1 is 1.00 bits per heavy atom. The van der Waals surface area contributed by atoms with E-state index in [1.165, 1.54) is 0 Å². The normalized spacial score (nSPS) is 7.60. The van der Waals surface area contributed by atoms with E-state index < -0.39 is 0 Å². The molecule has 5 heavy (non-hydrogen) atoms.